The van der Waals surface area contributed by atoms with Gasteiger partial charge in [0.15, 0.2) is 0 Å². The van der Waals surface area contributed by atoms with Crippen LogP contribution in [0.5, 0.6) is 5.75 Å². The van der Waals surface area contributed by atoms with E-state index in [9.17, 15) is 13.4 Å². The summed E-state index contributed by atoms with van der Waals surface area (Å²) in [6.07, 6.45) is 0. The Bertz CT molecular complexity index is 720. The molecule has 0 radical (unpaired) electrons. The van der Waals surface area contributed by atoms with Crippen molar-refractivity contribution in [1.82, 2.24) is 0 Å². The molecule has 0 aliphatic carbocycles. The van der Waals surface area contributed by atoms with Crippen molar-refractivity contribution in [3.63, 3.8) is 0 Å². The summed E-state index contributed by atoms with van der Waals surface area (Å²) in [6.45, 7) is 1.58. The molecule has 0 heterocycles. The van der Waals surface area contributed by atoms with Gasteiger partial charge in [-0.15, -0.1) is 0 Å². The maximum absolute atomic E-state index is 13.2. The van der Waals surface area contributed by atoms with E-state index in [0.717, 1.165) is 0 Å². The lowest BCUT2D eigenvalue weighted by molar-refractivity contribution is -0.115. The van der Waals surface area contributed by atoms with E-state index in [1.165, 1.54) is 19.2 Å². The third-order valence-corrected chi connectivity index (χ3v) is 4.95. The summed E-state index contributed by atoms with van der Waals surface area (Å²) in [5, 5.41) is 1.98. The Kier molecular flexibility index (Phi) is 5.87. The first-order valence-corrected chi connectivity index (χ1v) is 8.45. The monoisotopic (exact) mass is 335 g/mol. The number of ether oxygens (including phenoxy) is 1. The molecule has 2 rings (SSSR count). The lowest BCUT2D eigenvalue weighted by Crippen LogP contribution is -2.29. The number of benzene rings is 2. The van der Waals surface area contributed by atoms with Gasteiger partial charge in [-0.05, 0) is 36.8 Å². The van der Waals surface area contributed by atoms with Gasteiger partial charge in [-0.25, -0.2) is 4.39 Å². The van der Waals surface area contributed by atoms with Crippen LogP contribution in [0.2, 0.25) is 0 Å². The van der Waals surface area contributed by atoms with Gasteiger partial charge >= 0.3 is 0 Å². The van der Waals surface area contributed by atoms with E-state index in [2.05, 4.69) is 5.32 Å². The Morgan fingerprint density at radius 2 is 2.00 bits per heavy atom. The molecule has 0 spiro atoms. The Hall–Kier alpha value is -2.21. The molecule has 0 aromatic heterocycles. The van der Waals surface area contributed by atoms with Crippen molar-refractivity contribution >= 4 is 22.4 Å². The first-order chi connectivity index (χ1) is 11.0. The smallest absolute Gasteiger partial charge is 0.239 e. The number of amides is 1. The molecule has 122 valence electrons. The van der Waals surface area contributed by atoms with Crippen molar-refractivity contribution < 1.29 is 18.1 Å². The summed E-state index contributed by atoms with van der Waals surface area (Å²) >= 11 is 0. The van der Waals surface area contributed by atoms with Crippen LogP contribution in [0.15, 0.2) is 48.5 Å². The molecule has 23 heavy (non-hydrogen) atoms. The molecule has 6 heteroatoms. The number of halogens is 1. The molecule has 0 saturated carbocycles. The maximum atomic E-state index is 13.2. The molecule has 4 nitrogen and oxygen atoms in total. The van der Waals surface area contributed by atoms with Gasteiger partial charge in [0.1, 0.15) is 16.8 Å². The minimum absolute atomic E-state index is 0.123. The van der Waals surface area contributed by atoms with Gasteiger partial charge in [0, 0.05) is 16.6 Å². The Labute approximate surface area is 137 Å². The van der Waals surface area contributed by atoms with E-state index in [1.54, 1.807) is 43.3 Å². The molecule has 0 saturated heterocycles. The van der Waals surface area contributed by atoms with Crippen LogP contribution >= 0.6 is 0 Å². The average Bonchev–Trinajstić information content (AvgIpc) is 2.54. The van der Waals surface area contributed by atoms with Gasteiger partial charge in [0.2, 0.25) is 5.91 Å². The van der Waals surface area contributed by atoms with Crippen LogP contribution in [0.3, 0.4) is 0 Å². The average molecular weight is 335 g/mol. The summed E-state index contributed by atoms with van der Waals surface area (Å²) in [7, 11) is 0.0546. The van der Waals surface area contributed by atoms with E-state index in [1.807, 2.05) is 0 Å². The molecular weight excluding hydrogens is 317 g/mol. The fraction of sp³-hybridized carbons (Fsp3) is 0.235. The summed E-state index contributed by atoms with van der Waals surface area (Å²) in [6, 6.07) is 12.9. The normalized spacial score (nSPS) is 13.2. The molecule has 0 aliphatic rings. The second-order valence-electron chi connectivity index (χ2n) is 4.99. The zero-order valence-electron chi connectivity index (χ0n) is 12.9. The SMILES string of the molecule is COc1ccccc1NC(=O)[C@H](C)[S@](=O)Cc1cccc(F)c1. The summed E-state index contributed by atoms with van der Waals surface area (Å²) in [4.78, 5) is 12.2. The highest BCUT2D eigenvalue weighted by atomic mass is 32.2. The van der Waals surface area contributed by atoms with Crippen molar-refractivity contribution in [2.75, 3.05) is 12.4 Å². The van der Waals surface area contributed by atoms with Crippen molar-refractivity contribution in [2.24, 2.45) is 0 Å². The van der Waals surface area contributed by atoms with Gasteiger partial charge in [-0.3, -0.25) is 9.00 Å². The zero-order chi connectivity index (χ0) is 16.8. The van der Waals surface area contributed by atoms with E-state index in [4.69, 9.17) is 4.74 Å². The van der Waals surface area contributed by atoms with Crippen LogP contribution in [0.25, 0.3) is 0 Å². The first kappa shape index (κ1) is 17.1. The number of para-hydroxylation sites is 2. The third kappa shape index (κ3) is 4.63. The molecule has 1 amide bonds. The van der Waals surface area contributed by atoms with E-state index in [-0.39, 0.29) is 17.5 Å². The molecular formula is C17H18FNO3S. The highest BCUT2D eigenvalue weighted by molar-refractivity contribution is 7.85. The van der Waals surface area contributed by atoms with Crippen LogP contribution in [-0.4, -0.2) is 22.5 Å². The molecule has 2 aromatic rings. The highest BCUT2D eigenvalue weighted by Gasteiger charge is 2.21. The summed E-state index contributed by atoms with van der Waals surface area (Å²) in [5.41, 5.74) is 1.12. The lowest BCUT2D eigenvalue weighted by Gasteiger charge is -2.14. The Morgan fingerprint density at radius 3 is 2.70 bits per heavy atom. The van der Waals surface area contributed by atoms with Gasteiger partial charge in [-0.1, -0.05) is 24.3 Å². The largest absolute Gasteiger partial charge is 0.495 e. The van der Waals surface area contributed by atoms with Gasteiger partial charge < -0.3 is 10.1 Å². The van der Waals surface area contributed by atoms with Gasteiger partial charge in [-0.2, -0.15) is 0 Å². The predicted molar refractivity (Wildman–Crippen MR) is 89.3 cm³/mol. The predicted octanol–water partition coefficient (Wildman–Crippen LogP) is 3.11. The number of methoxy groups -OCH3 is 1. The van der Waals surface area contributed by atoms with Crippen LogP contribution in [0, 0.1) is 5.82 Å². The van der Waals surface area contributed by atoms with Crippen LogP contribution in [0.1, 0.15) is 12.5 Å². The van der Waals surface area contributed by atoms with Gasteiger partial charge in [0.25, 0.3) is 0 Å². The van der Waals surface area contributed by atoms with Crippen LogP contribution in [-0.2, 0) is 21.3 Å². The number of hydrogen-bond acceptors (Lipinski definition) is 3. The standard InChI is InChI=1S/C17H18FNO3S/c1-12(23(21)11-13-6-5-7-14(18)10-13)17(20)19-15-8-3-4-9-16(15)22-2/h3-10,12H,11H2,1-2H3,(H,19,20)/t12-,23+/m0/s1. The van der Waals surface area contributed by atoms with Crippen molar-refractivity contribution in [2.45, 2.75) is 17.9 Å². The van der Waals surface area contributed by atoms with Crippen molar-refractivity contribution in [3.05, 3.63) is 59.9 Å². The number of anilines is 1. The number of carbonyl (C=O) groups excluding carboxylic acids is 1. The highest BCUT2D eigenvalue weighted by Crippen LogP contribution is 2.23. The summed E-state index contributed by atoms with van der Waals surface area (Å²) in [5.74, 6) is -0.100. The fourth-order valence-electron chi connectivity index (χ4n) is 2.02. The van der Waals surface area contributed by atoms with Crippen molar-refractivity contribution in [3.8, 4) is 5.75 Å². The second-order valence-corrected chi connectivity index (χ2v) is 6.74. The topological polar surface area (TPSA) is 55.4 Å². The number of nitrogens with one attached hydrogen (secondary N) is 1. The maximum Gasteiger partial charge on any atom is 0.239 e. The summed E-state index contributed by atoms with van der Waals surface area (Å²) < 4.78 is 30.6. The Morgan fingerprint density at radius 1 is 1.26 bits per heavy atom. The van der Waals surface area contributed by atoms with Crippen molar-refractivity contribution in [1.29, 1.82) is 0 Å². The number of hydrogen-bond donors (Lipinski definition) is 1. The van der Waals surface area contributed by atoms with E-state index in [0.29, 0.717) is 17.0 Å². The minimum atomic E-state index is -1.46. The third-order valence-electron chi connectivity index (χ3n) is 3.33. The number of carbonyl (C=O) groups is 1. The molecule has 0 unspecified atom stereocenters. The molecule has 1 N–H and O–H groups in total. The zero-order valence-corrected chi connectivity index (χ0v) is 13.7. The van der Waals surface area contributed by atoms with E-state index >= 15 is 0 Å². The molecule has 2 atom stereocenters. The van der Waals surface area contributed by atoms with Gasteiger partial charge in [0.05, 0.1) is 12.8 Å². The number of rotatable bonds is 6. The van der Waals surface area contributed by atoms with Crippen LogP contribution < -0.4 is 10.1 Å². The Balaban J connectivity index is 2.02. The molecule has 0 fully saturated rings. The first-order valence-electron chi connectivity index (χ1n) is 7.06. The van der Waals surface area contributed by atoms with Crippen LogP contribution in [0.4, 0.5) is 10.1 Å². The molecule has 0 aliphatic heterocycles. The molecule has 2 aromatic carbocycles. The quantitative estimate of drug-likeness (QED) is 0.882. The second kappa shape index (κ2) is 7.87. The fourth-order valence-corrected chi connectivity index (χ4v) is 3.07. The van der Waals surface area contributed by atoms with E-state index < -0.39 is 16.0 Å². The molecule has 0 bridgehead atoms. The lowest BCUT2D eigenvalue weighted by atomic mass is 10.2. The minimum Gasteiger partial charge on any atom is -0.495 e.